The summed E-state index contributed by atoms with van der Waals surface area (Å²) in [5, 5.41) is 6.04. The Morgan fingerprint density at radius 3 is 2.74 bits per heavy atom. The molecule has 0 aliphatic heterocycles. The molecular weight excluding hydrogens is 284 g/mol. The molecule has 2 aromatic heterocycles. The zero-order chi connectivity index (χ0) is 16.1. The van der Waals surface area contributed by atoms with Crippen LogP contribution in [0.4, 0.5) is 0 Å². The lowest BCUT2D eigenvalue weighted by atomic mass is 10.1. The van der Waals surface area contributed by atoms with E-state index in [0.717, 1.165) is 43.9 Å². The molecule has 122 valence electrons. The van der Waals surface area contributed by atoms with Crippen molar-refractivity contribution in [3.63, 3.8) is 0 Å². The molecule has 0 bridgehead atoms. The van der Waals surface area contributed by atoms with E-state index in [-0.39, 0.29) is 0 Å². The Morgan fingerprint density at radius 2 is 1.91 bits per heavy atom. The smallest absolute Gasteiger partial charge is 0.0651 e. The molecule has 3 rings (SSSR count). The van der Waals surface area contributed by atoms with Gasteiger partial charge in [0.15, 0.2) is 0 Å². The van der Waals surface area contributed by atoms with Crippen LogP contribution in [0, 0.1) is 0 Å². The minimum absolute atomic E-state index is 0.827. The Kier molecular flexibility index (Phi) is 5.26. The second kappa shape index (κ2) is 7.57. The van der Waals surface area contributed by atoms with E-state index < -0.39 is 0 Å². The molecule has 0 spiro atoms. The molecule has 4 heteroatoms. The summed E-state index contributed by atoms with van der Waals surface area (Å²) in [7, 11) is 0. The second-order valence-corrected chi connectivity index (χ2v) is 5.95. The number of aromatic nitrogens is 2. The Labute approximate surface area is 137 Å². The van der Waals surface area contributed by atoms with Gasteiger partial charge < -0.3 is 15.2 Å². The Morgan fingerprint density at radius 1 is 1.09 bits per heavy atom. The van der Waals surface area contributed by atoms with E-state index in [9.17, 15) is 0 Å². The van der Waals surface area contributed by atoms with Crippen LogP contribution < -0.4 is 5.32 Å². The first-order valence-corrected chi connectivity index (χ1v) is 8.60. The van der Waals surface area contributed by atoms with Gasteiger partial charge in [0, 0.05) is 22.8 Å². The minimum Gasteiger partial charge on any atom is -0.353 e. The number of nitrogens with one attached hydrogen (secondary N) is 2. The van der Waals surface area contributed by atoms with Crippen LogP contribution in [0.25, 0.3) is 21.8 Å². The van der Waals surface area contributed by atoms with Gasteiger partial charge in [-0.2, -0.15) is 0 Å². The van der Waals surface area contributed by atoms with E-state index in [4.69, 9.17) is 0 Å². The van der Waals surface area contributed by atoms with Gasteiger partial charge in [0.1, 0.15) is 0 Å². The average Bonchev–Trinajstić information content (AvgIpc) is 2.96. The monoisotopic (exact) mass is 310 g/mol. The van der Waals surface area contributed by atoms with E-state index >= 15 is 0 Å². The van der Waals surface area contributed by atoms with Crippen molar-refractivity contribution < 1.29 is 0 Å². The SMILES string of the molecule is CCN(CC)CCCNCc1cc2c(cn1)[nH]c1ccccc12. The van der Waals surface area contributed by atoms with Gasteiger partial charge in [-0.15, -0.1) is 0 Å². The van der Waals surface area contributed by atoms with Crippen molar-refractivity contribution in [1.82, 2.24) is 20.2 Å². The zero-order valence-corrected chi connectivity index (χ0v) is 14.1. The summed E-state index contributed by atoms with van der Waals surface area (Å²) < 4.78 is 0. The first kappa shape index (κ1) is 16.0. The largest absolute Gasteiger partial charge is 0.353 e. The average molecular weight is 310 g/mol. The van der Waals surface area contributed by atoms with E-state index in [1.807, 2.05) is 6.20 Å². The summed E-state index contributed by atoms with van der Waals surface area (Å²) in [5.41, 5.74) is 3.38. The third-order valence-electron chi connectivity index (χ3n) is 4.48. The van der Waals surface area contributed by atoms with Gasteiger partial charge in [0.2, 0.25) is 0 Å². The van der Waals surface area contributed by atoms with Crippen LogP contribution in [0.3, 0.4) is 0 Å². The fourth-order valence-corrected chi connectivity index (χ4v) is 3.07. The molecule has 2 N–H and O–H groups in total. The molecule has 0 fully saturated rings. The first-order valence-electron chi connectivity index (χ1n) is 8.60. The van der Waals surface area contributed by atoms with Crippen LogP contribution in [0.2, 0.25) is 0 Å². The molecule has 23 heavy (non-hydrogen) atoms. The summed E-state index contributed by atoms with van der Waals surface area (Å²) >= 11 is 0. The van der Waals surface area contributed by atoms with Crippen LogP contribution in [0.15, 0.2) is 36.5 Å². The minimum atomic E-state index is 0.827. The van der Waals surface area contributed by atoms with Crippen molar-refractivity contribution in [3.05, 3.63) is 42.2 Å². The fourth-order valence-electron chi connectivity index (χ4n) is 3.07. The molecule has 0 aliphatic rings. The number of para-hydroxylation sites is 1. The maximum absolute atomic E-state index is 4.56. The van der Waals surface area contributed by atoms with E-state index in [1.165, 1.54) is 22.7 Å². The highest BCUT2D eigenvalue weighted by Gasteiger charge is 2.05. The molecule has 4 nitrogen and oxygen atoms in total. The third-order valence-corrected chi connectivity index (χ3v) is 4.48. The number of rotatable bonds is 8. The number of hydrogen-bond acceptors (Lipinski definition) is 3. The maximum atomic E-state index is 4.56. The molecule has 0 aliphatic carbocycles. The molecular formula is C19H26N4. The van der Waals surface area contributed by atoms with E-state index in [0.29, 0.717) is 0 Å². The standard InChI is InChI=1S/C19H26N4/c1-3-23(4-2)11-7-10-20-13-15-12-17-16-8-5-6-9-18(16)22-19(17)14-21-15/h5-6,8-9,12,14,20,22H,3-4,7,10-11,13H2,1-2H3. The van der Waals surface area contributed by atoms with Crippen molar-refractivity contribution in [3.8, 4) is 0 Å². The lowest BCUT2D eigenvalue weighted by molar-refractivity contribution is 0.298. The lowest BCUT2D eigenvalue weighted by Gasteiger charge is -2.17. The fraction of sp³-hybridized carbons (Fsp3) is 0.421. The van der Waals surface area contributed by atoms with Crippen LogP contribution >= 0.6 is 0 Å². The summed E-state index contributed by atoms with van der Waals surface area (Å²) in [6, 6.07) is 10.6. The summed E-state index contributed by atoms with van der Waals surface area (Å²) in [4.78, 5) is 10.4. The van der Waals surface area contributed by atoms with Crippen molar-refractivity contribution >= 4 is 21.8 Å². The van der Waals surface area contributed by atoms with Crippen molar-refractivity contribution in [2.75, 3.05) is 26.2 Å². The van der Waals surface area contributed by atoms with Gasteiger partial charge in [-0.25, -0.2) is 0 Å². The molecule has 0 unspecified atom stereocenters. The number of hydrogen-bond donors (Lipinski definition) is 2. The molecule has 3 aromatic rings. The maximum Gasteiger partial charge on any atom is 0.0651 e. The van der Waals surface area contributed by atoms with E-state index in [2.05, 4.69) is 64.4 Å². The van der Waals surface area contributed by atoms with Crippen molar-refractivity contribution in [1.29, 1.82) is 0 Å². The van der Waals surface area contributed by atoms with Gasteiger partial charge in [-0.1, -0.05) is 32.0 Å². The van der Waals surface area contributed by atoms with Crippen LogP contribution in [0.1, 0.15) is 26.0 Å². The summed E-state index contributed by atoms with van der Waals surface area (Å²) in [5.74, 6) is 0. The molecule has 0 amide bonds. The van der Waals surface area contributed by atoms with Gasteiger partial charge in [-0.05, 0) is 44.7 Å². The summed E-state index contributed by atoms with van der Waals surface area (Å²) in [6.07, 6.45) is 3.12. The van der Waals surface area contributed by atoms with Gasteiger partial charge in [0.05, 0.1) is 17.4 Å². The van der Waals surface area contributed by atoms with Crippen LogP contribution in [-0.4, -0.2) is 41.0 Å². The Bertz CT molecular complexity index is 758. The van der Waals surface area contributed by atoms with Gasteiger partial charge in [0.25, 0.3) is 0 Å². The highest BCUT2D eigenvalue weighted by Crippen LogP contribution is 2.24. The predicted octanol–water partition coefficient (Wildman–Crippen LogP) is 3.54. The zero-order valence-electron chi connectivity index (χ0n) is 14.1. The van der Waals surface area contributed by atoms with E-state index in [1.54, 1.807) is 0 Å². The first-order chi connectivity index (χ1) is 11.3. The van der Waals surface area contributed by atoms with Gasteiger partial charge in [-0.3, -0.25) is 4.98 Å². The number of benzene rings is 1. The summed E-state index contributed by atoms with van der Waals surface area (Å²) in [6.45, 7) is 9.73. The number of H-pyrrole nitrogens is 1. The molecule has 0 saturated heterocycles. The van der Waals surface area contributed by atoms with Crippen LogP contribution in [-0.2, 0) is 6.54 Å². The normalized spacial score (nSPS) is 11.8. The highest BCUT2D eigenvalue weighted by molar-refractivity contribution is 6.06. The highest BCUT2D eigenvalue weighted by atomic mass is 15.1. The number of aromatic amines is 1. The molecule has 0 radical (unpaired) electrons. The lowest BCUT2D eigenvalue weighted by Crippen LogP contribution is -2.27. The molecule has 0 saturated carbocycles. The third kappa shape index (κ3) is 3.71. The van der Waals surface area contributed by atoms with Crippen molar-refractivity contribution in [2.45, 2.75) is 26.8 Å². The topological polar surface area (TPSA) is 44.0 Å². The molecule has 2 heterocycles. The second-order valence-electron chi connectivity index (χ2n) is 5.95. The number of fused-ring (bicyclic) bond motifs is 3. The number of pyridine rings is 1. The van der Waals surface area contributed by atoms with Crippen molar-refractivity contribution in [2.24, 2.45) is 0 Å². The Balaban J connectivity index is 1.59. The number of nitrogens with zero attached hydrogens (tertiary/aromatic N) is 2. The van der Waals surface area contributed by atoms with Crippen LogP contribution in [0.5, 0.6) is 0 Å². The predicted molar refractivity (Wildman–Crippen MR) is 97.7 cm³/mol. The molecule has 0 atom stereocenters. The van der Waals surface area contributed by atoms with Gasteiger partial charge >= 0.3 is 0 Å². The quantitative estimate of drug-likeness (QED) is 0.626. The Hall–Kier alpha value is -1.91. The molecule has 1 aromatic carbocycles.